The molecule has 0 amide bonds. The second-order valence-electron chi connectivity index (χ2n) is 3.91. The predicted octanol–water partition coefficient (Wildman–Crippen LogP) is 3.22. The van der Waals surface area contributed by atoms with E-state index in [0.29, 0.717) is 0 Å². The van der Waals surface area contributed by atoms with Crippen LogP contribution in [-0.4, -0.2) is 21.0 Å². The van der Waals surface area contributed by atoms with Crippen molar-refractivity contribution >= 4 is 34.8 Å². The van der Waals surface area contributed by atoms with E-state index >= 15 is 0 Å². The minimum Gasteiger partial charge on any atom is -0.478 e. The molecule has 0 saturated carbocycles. The molecule has 2 aromatic rings. The van der Waals surface area contributed by atoms with Crippen molar-refractivity contribution in [2.24, 2.45) is 0 Å². The molecule has 7 nitrogen and oxygen atoms in total. The lowest BCUT2D eigenvalue weighted by molar-refractivity contribution is -0.385. The van der Waals surface area contributed by atoms with E-state index in [9.17, 15) is 19.3 Å². The van der Waals surface area contributed by atoms with Gasteiger partial charge in [0.05, 0.1) is 21.2 Å². The fraction of sp³-hybridized carbons (Fsp3) is 0. The van der Waals surface area contributed by atoms with Gasteiger partial charge in [-0.15, -0.1) is 0 Å². The molecule has 0 atom stereocenters. The van der Waals surface area contributed by atoms with Crippen molar-refractivity contribution in [3.05, 3.63) is 57.0 Å². The van der Waals surface area contributed by atoms with Crippen molar-refractivity contribution < 1.29 is 19.2 Å². The normalized spacial score (nSPS) is 10.2. The number of benzene rings is 1. The number of carbonyl (C=O) groups is 1. The second-order valence-corrected chi connectivity index (χ2v) is 4.31. The number of aromatic carboxylic acids is 1. The van der Waals surface area contributed by atoms with Crippen molar-refractivity contribution in [1.29, 1.82) is 0 Å². The Hall–Kier alpha value is -2.74. The summed E-state index contributed by atoms with van der Waals surface area (Å²) in [6.07, 6.45) is 0.970. The Morgan fingerprint density at radius 1 is 1.43 bits per heavy atom. The number of carboxylic acids is 1. The molecular formula is C12H7ClFN3O4. The molecule has 0 unspecified atom stereocenters. The van der Waals surface area contributed by atoms with Crippen molar-refractivity contribution in [1.82, 2.24) is 4.98 Å². The number of hydrogen-bond donors (Lipinski definition) is 2. The van der Waals surface area contributed by atoms with Gasteiger partial charge in [0.2, 0.25) is 0 Å². The largest absolute Gasteiger partial charge is 0.478 e. The molecule has 108 valence electrons. The van der Waals surface area contributed by atoms with E-state index in [0.717, 1.165) is 18.3 Å². The summed E-state index contributed by atoms with van der Waals surface area (Å²) < 4.78 is 13.7. The maximum atomic E-state index is 13.7. The standard InChI is InChI=1S/C12H7ClFN3O4/c13-8-4-7(17(20)21)5-15-11(8)16-10-2-1-6(12(18)19)3-9(10)14/h1-5H,(H,15,16)(H,18,19). The molecule has 9 heteroatoms. The Bertz CT molecular complexity index is 677. The zero-order valence-electron chi connectivity index (χ0n) is 10.2. The van der Waals surface area contributed by atoms with Gasteiger partial charge in [-0.3, -0.25) is 10.1 Å². The van der Waals surface area contributed by atoms with Gasteiger partial charge in [0.25, 0.3) is 5.69 Å². The Morgan fingerprint density at radius 2 is 2.14 bits per heavy atom. The molecule has 2 N–H and O–H groups in total. The van der Waals surface area contributed by atoms with Crippen LogP contribution in [0.4, 0.5) is 21.6 Å². The average Bonchev–Trinajstić information content (AvgIpc) is 2.42. The molecule has 0 spiro atoms. The van der Waals surface area contributed by atoms with Gasteiger partial charge < -0.3 is 10.4 Å². The van der Waals surface area contributed by atoms with E-state index in [-0.39, 0.29) is 27.8 Å². The highest BCUT2D eigenvalue weighted by Crippen LogP contribution is 2.28. The number of aromatic nitrogens is 1. The Balaban J connectivity index is 2.30. The lowest BCUT2D eigenvalue weighted by Gasteiger charge is -2.08. The van der Waals surface area contributed by atoms with Crippen molar-refractivity contribution in [3.8, 4) is 0 Å². The Kier molecular flexibility index (Phi) is 3.99. The quantitative estimate of drug-likeness (QED) is 0.663. The molecule has 1 aromatic heterocycles. The van der Waals surface area contributed by atoms with E-state index in [2.05, 4.69) is 10.3 Å². The number of halogens is 2. The van der Waals surface area contributed by atoms with Crippen molar-refractivity contribution in [2.75, 3.05) is 5.32 Å². The first-order chi connectivity index (χ1) is 9.88. The zero-order valence-corrected chi connectivity index (χ0v) is 11.0. The minimum absolute atomic E-state index is 0.0178. The van der Waals surface area contributed by atoms with Crippen molar-refractivity contribution in [3.63, 3.8) is 0 Å². The van der Waals surface area contributed by atoms with Gasteiger partial charge in [-0.1, -0.05) is 11.6 Å². The van der Waals surface area contributed by atoms with Gasteiger partial charge in [-0.25, -0.2) is 14.2 Å². The number of nitro groups is 1. The number of anilines is 2. The molecule has 0 radical (unpaired) electrons. The summed E-state index contributed by atoms with van der Waals surface area (Å²) >= 11 is 5.81. The Labute approximate surface area is 122 Å². The number of hydrogen-bond acceptors (Lipinski definition) is 5. The number of pyridine rings is 1. The maximum absolute atomic E-state index is 13.7. The zero-order chi connectivity index (χ0) is 15.6. The third kappa shape index (κ3) is 3.23. The van der Waals surface area contributed by atoms with Gasteiger partial charge >= 0.3 is 5.97 Å². The number of nitrogens with zero attached hydrogens (tertiary/aromatic N) is 2. The van der Waals surface area contributed by atoms with Crippen LogP contribution in [0.2, 0.25) is 5.02 Å². The van der Waals surface area contributed by atoms with Gasteiger partial charge in [-0.05, 0) is 18.2 Å². The van der Waals surface area contributed by atoms with Gasteiger partial charge in [0.15, 0.2) is 0 Å². The summed E-state index contributed by atoms with van der Waals surface area (Å²) in [6.45, 7) is 0. The second kappa shape index (κ2) is 5.71. The van der Waals surface area contributed by atoms with Crippen LogP contribution >= 0.6 is 11.6 Å². The monoisotopic (exact) mass is 311 g/mol. The molecule has 0 aliphatic heterocycles. The summed E-state index contributed by atoms with van der Waals surface area (Å²) in [6, 6.07) is 4.32. The molecule has 0 aliphatic carbocycles. The third-order valence-corrected chi connectivity index (χ3v) is 2.79. The van der Waals surface area contributed by atoms with Crippen LogP contribution < -0.4 is 5.32 Å². The molecule has 0 bridgehead atoms. The van der Waals surface area contributed by atoms with Gasteiger partial charge in [-0.2, -0.15) is 0 Å². The molecule has 0 saturated heterocycles. The third-order valence-electron chi connectivity index (χ3n) is 2.51. The average molecular weight is 312 g/mol. The smallest absolute Gasteiger partial charge is 0.335 e. The van der Waals surface area contributed by atoms with E-state index in [1.165, 1.54) is 12.1 Å². The van der Waals surface area contributed by atoms with Crippen LogP contribution in [0.3, 0.4) is 0 Å². The van der Waals surface area contributed by atoms with Crippen LogP contribution in [0, 0.1) is 15.9 Å². The summed E-state index contributed by atoms with van der Waals surface area (Å²) in [4.78, 5) is 24.3. The first kappa shape index (κ1) is 14.7. The van der Waals surface area contributed by atoms with E-state index < -0.39 is 16.7 Å². The van der Waals surface area contributed by atoms with E-state index in [4.69, 9.17) is 16.7 Å². The highest BCUT2D eigenvalue weighted by Gasteiger charge is 2.13. The topological polar surface area (TPSA) is 105 Å². The summed E-state index contributed by atoms with van der Waals surface area (Å²) in [7, 11) is 0. The van der Waals surface area contributed by atoms with E-state index in [1.54, 1.807) is 0 Å². The molecule has 0 aliphatic rings. The minimum atomic E-state index is -1.26. The lowest BCUT2D eigenvalue weighted by Crippen LogP contribution is -2.01. The lowest BCUT2D eigenvalue weighted by atomic mass is 10.2. The molecule has 2 rings (SSSR count). The van der Waals surface area contributed by atoms with Crippen LogP contribution in [0.25, 0.3) is 0 Å². The first-order valence-corrected chi connectivity index (χ1v) is 5.86. The maximum Gasteiger partial charge on any atom is 0.335 e. The van der Waals surface area contributed by atoms with Crippen LogP contribution in [0.15, 0.2) is 30.5 Å². The molecule has 0 fully saturated rings. The fourth-order valence-electron chi connectivity index (χ4n) is 1.50. The summed E-state index contributed by atoms with van der Waals surface area (Å²) in [5.41, 5.74) is -0.559. The van der Waals surface area contributed by atoms with Gasteiger partial charge in [0.1, 0.15) is 17.8 Å². The van der Waals surface area contributed by atoms with Gasteiger partial charge in [0, 0.05) is 6.07 Å². The molecule has 21 heavy (non-hydrogen) atoms. The fourth-order valence-corrected chi connectivity index (χ4v) is 1.70. The molecular weight excluding hydrogens is 305 g/mol. The molecule has 1 heterocycles. The Morgan fingerprint density at radius 3 is 2.67 bits per heavy atom. The van der Waals surface area contributed by atoms with Crippen molar-refractivity contribution in [2.45, 2.75) is 0 Å². The van der Waals surface area contributed by atoms with Crippen LogP contribution in [-0.2, 0) is 0 Å². The van der Waals surface area contributed by atoms with Crippen LogP contribution in [0.1, 0.15) is 10.4 Å². The SMILES string of the molecule is O=C(O)c1ccc(Nc2ncc([N+](=O)[O-])cc2Cl)c(F)c1. The highest BCUT2D eigenvalue weighted by molar-refractivity contribution is 6.33. The number of nitrogens with one attached hydrogen (secondary N) is 1. The number of rotatable bonds is 4. The molecule has 1 aromatic carbocycles. The predicted molar refractivity (Wildman–Crippen MR) is 72.5 cm³/mol. The number of carboxylic acid groups (broad SMARTS) is 1. The summed E-state index contributed by atoms with van der Waals surface area (Å²) in [5, 5.41) is 21.8. The van der Waals surface area contributed by atoms with E-state index in [1.807, 2.05) is 0 Å². The highest BCUT2D eigenvalue weighted by atomic mass is 35.5. The summed E-state index contributed by atoms with van der Waals surface area (Å²) in [5.74, 6) is -2.05. The van der Waals surface area contributed by atoms with Crippen LogP contribution in [0.5, 0.6) is 0 Å². The first-order valence-electron chi connectivity index (χ1n) is 5.48.